The fraction of sp³-hybridized carbons (Fsp3) is 0.319. The van der Waals surface area contributed by atoms with Crippen molar-refractivity contribution in [2.75, 3.05) is 54.5 Å². The highest BCUT2D eigenvalue weighted by Gasteiger charge is 2.31. The number of para-hydroxylation sites is 1. The van der Waals surface area contributed by atoms with Crippen LogP contribution in [-0.4, -0.2) is 79.8 Å². The van der Waals surface area contributed by atoms with Crippen LogP contribution in [-0.2, 0) is 14.8 Å². The van der Waals surface area contributed by atoms with Crippen molar-refractivity contribution >= 4 is 49.7 Å². The lowest BCUT2D eigenvalue weighted by Gasteiger charge is -2.36. The van der Waals surface area contributed by atoms with Crippen LogP contribution in [0.15, 0.2) is 114 Å². The predicted molar refractivity (Wildman–Crippen MR) is 241 cm³/mol. The highest BCUT2D eigenvalue weighted by molar-refractivity contribution is 7.90. The lowest BCUT2D eigenvalue weighted by molar-refractivity contribution is -0.384. The Bertz CT molecular complexity index is 2730. The van der Waals surface area contributed by atoms with Gasteiger partial charge in [0.2, 0.25) is 0 Å². The van der Waals surface area contributed by atoms with Gasteiger partial charge < -0.3 is 34.7 Å². The van der Waals surface area contributed by atoms with Gasteiger partial charge in [0.25, 0.3) is 21.6 Å². The number of benzene rings is 4. The Labute approximate surface area is 365 Å². The van der Waals surface area contributed by atoms with Crippen LogP contribution in [0.2, 0.25) is 0 Å². The molecule has 4 aromatic carbocycles. The predicted octanol–water partition coefficient (Wildman–Crippen LogP) is 8.19. The number of piperidine rings is 1. The van der Waals surface area contributed by atoms with Crippen molar-refractivity contribution in [3.05, 3.63) is 131 Å². The average Bonchev–Trinajstić information content (AvgIpc) is 3.99. The maximum Gasteiger partial charge on any atom is 0.293 e. The molecule has 326 valence electrons. The van der Waals surface area contributed by atoms with Crippen molar-refractivity contribution < 1.29 is 32.7 Å². The monoisotopic (exact) mass is 871 g/mol. The number of anilines is 3. The Morgan fingerprint density at radius 2 is 1.70 bits per heavy atom. The molecule has 1 atom stereocenters. The van der Waals surface area contributed by atoms with Gasteiger partial charge in [-0.25, -0.2) is 18.1 Å². The summed E-state index contributed by atoms with van der Waals surface area (Å²) in [7, 11) is -4.58. The smallest absolute Gasteiger partial charge is 0.293 e. The number of aliphatic hydroxyl groups is 1. The summed E-state index contributed by atoms with van der Waals surface area (Å²) >= 11 is 0. The molecular formula is C47H49N7O8S. The minimum atomic E-state index is -4.58. The number of sulfonamides is 1. The standard InChI is InChI=1S/C47H49N7O8S/c55-36-16-22-52(23-17-36)42-5-2-1-4-39(42)43-6-3-21-53(43)35-10-7-32(8-11-35)33-9-13-40(45(27-33)62-37-26-34-15-20-48-46(34)50-30-37)47(56)51-63(59,60)38-12-14-41(44(28-38)54(57)58)49-29-31-18-24-61-25-19-31/h1-2,4-5,7-15,20,26-28,30-31,36,43,49,55H,3,6,16-19,21-25,29H2,(H,48,50)(H,51,56). The number of hydrogen-bond donors (Lipinski definition) is 4. The highest BCUT2D eigenvalue weighted by Crippen LogP contribution is 2.42. The quantitative estimate of drug-likeness (QED) is 0.0644. The molecule has 3 saturated heterocycles. The van der Waals surface area contributed by atoms with Gasteiger partial charge in [-0.05, 0) is 116 Å². The zero-order valence-corrected chi connectivity index (χ0v) is 35.4. The first-order chi connectivity index (χ1) is 30.6. The van der Waals surface area contributed by atoms with Crippen molar-refractivity contribution in [1.82, 2.24) is 14.7 Å². The van der Waals surface area contributed by atoms with E-state index in [4.69, 9.17) is 9.47 Å². The summed E-state index contributed by atoms with van der Waals surface area (Å²) in [4.78, 5) is 37.2. The summed E-state index contributed by atoms with van der Waals surface area (Å²) in [6.45, 7) is 4.28. The molecule has 15 nitrogen and oxygen atoms in total. The number of rotatable bonds is 13. The normalized spacial score (nSPS) is 17.5. The van der Waals surface area contributed by atoms with E-state index in [1.807, 2.05) is 18.2 Å². The summed E-state index contributed by atoms with van der Waals surface area (Å²) in [6.07, 6.45) is 8.25. The van der Waals surface area contributed by atoms with Crippen LogP contribution >= 0.6 is 0 Å². The van der Waals surface area contributed by atoms with E-state index in [1.165, 1.54) is 35.6 Å². The number of carbonyl (C=O) groups excluding carboxylic acids is 1. The molecule has 3 aliphatic rings. The van der Waals surface area contributed by atoms with Crippen molar-refractivity contribution in [3.63, 3.8) is 0 Å². The first-order valence-electron chi connectivity index (χ1n) is 21.4. The number of aromatic nitrogens is 2. The molecule has 1 unspecified atom stereocenters. The minimum absolute atomic E-state index is 0.0702. The van der Waals surface area contributed by atoms with Crippen molar-refractivity contribution in [2.24, 2.45) is 5.92 Å². The number of aromatic amines is 1. The summed E-state index contributed by atoms with van der Waals surface area (Å²) in [6, 6.07) is 29.1. The fourth-order valence-corrected chi connectivity index (χ4v) is 9.89. The first kappa shape index (κ1) is 41.8. The molecule has 2 aromatic heterocycles. The van der Waals surface area contributed by atoms with Gasteiger partial charge in [-0.15, -0.1) is 0 Å². The molecule has 16 heteroatoms. The van der Waals surface area contributed by atoms with E-state index in [9.17, 15) is 28.4 Å². The number of nitro groups is 1. The number of aliphatic hydroxyl groups excluding tert-OH is 1. The molecule has 5 heterocycles. The Morgan fingerprint density at radius 3 is 2.49 bits per heavy atom. The van der Waals surface area contributed by atoms with Crippen LogP contribution in [0, 0.1) is 16.0 Å². The van der Waals surface area contributed by atoms with Crippen molar-refractivity contribution in [1.29, 1.82) is 0 Å². The molecule has 4 N–H and O–H groups in total. The molecule has 63 heavy (non-hydrogen) atoms. The number of fused-ring (bicyclic) bond motifs is 1. The molecule has 0 spiro atoms. The number of ether oxygens (including phenoxy) is 2. The minimum Gasteiger partial charge on any atom is -0.455 e. The Kier molecular flexibility index (Phi) is 12.0. The largest absolute Gasteiger partial charge is 0.455 e. The summed E-state index contributed by atoms with van der Waals surface area (Å²) in [5, 5.41) is 26.1. The average molecular weight is 872 g/mol. The Morgan fingerprint density at radius 1 is 0.921 bits per heavy atom. The number of amides is 1. The second-order valence-electron chi connectivity index (χ2n) is 16.4. The van der Waals surface area contributed by atoms with Gasteiger partial charge in [-0.2, -0.15) is 0 Å². The second-order valence-corrected chi connectivity index (χ2v) is 18.1. The van der Waals surface area contributed by atoms with E-state index in [2.05, 4.69) is 66.2 Å². The van der Waals surface area contributed by atoms with Gasteiger partial charge in [-0.1, -0.05) is 36.4 Å². The van der Waals surface area contributed by atoms with E-state index in [0.29, 0.717) is 31.2 Å². The van der Waals surface area contributed by atoms with Gasteiger partial charge in [0.1, 0.15) is 22.8 Å². The molecule has 3 aliphatic heterocycles. The number of carbonyl (C=O) groups is 1. The number of H-pyrrole nitrogens is 1. The summed E-state index contributed by atoms with van der Waals surface area (Å²) in [5.74, 6) is -0.302. The van der Waals surface area contributed by atoms with Gasteiger partial charge >= 0.3 is 0 Å². The Balaban J connectivity index is 0.971. The number of nitro benzene ring substituents is 1. The molecule has 0 bridgehead atoms. The third-order valence-corrected chi connectivity index (χ3v) is 13.7. The van der Waals surface area contributed by atoms with Crippen LogP contribution in [0.1, 0.15) is 60.5 Å². The summed E-state index contributed by atoms with van der Waals surface area (Å²) in [5.41, 5.74) is 5.50. The van der Waals surface area contributed by atoms with Gasteiger partial charge in [0.05, 0.1) is 33.7 Å². The van der Waals surface area contributed by atoms with E-state index >= 15 is 0 Å². The zero-order chi connectivity index (χ0) is 43.5. The van der Waals surface area contributed by atoms with Crippen LogP contribution < -0.4 is 24.6 Å². The van der Waals surface area contributed by atoms with Crippen molar-refractivity contribution in [2.45, 2.75) is 55.6 Å². The number of nitrogens with zero attached hydrogens (tertiary/aromatic N) is 4. The molecule has 3 fully saturated rings. The summed E-state index contributed by atoms with van der Waals surface area (Å²) < 4.78 is 41.2. The number of nitrogens with one attached hydrogen (secondary N) is 3. The topological polar surface area (TPSA) is 192 Å². The number of pyridine rings is 1. The van der Waals surface area contributed by atoms with Gasteiger partial charge in [-0.3, -0.25) is 14.9 Å². The third kappa shape index (κ3) is 9.19. The Hall–Kier alpha value is -6.49. The van der Waals surface area contributed by atoms with E-state index in [0.717, 1.165) is 86.4 Å². The van der Waals surface area contributed by atoms with Crippen LogP contribution in [0.5, 0.6) is 11.5 Å². The molecule has 0 saturated carbocycles. The molecule has 0 radical (unpaired) electrons. The van der Waals surface area contributed by atoms with Crippen LogP contribution in [0.25, 0.3) is 22.2 Å². The molecule has 9 rings (SSSR count). The molecule has 0 aliphatic carbocycles. The molecule has 6 aromatic rings. The fourth-order valence-electron chi connectivity index (χ4n) is 8.90. The third-order valence-electron chi connectivity index (χ3n) is 12.3. The van der Waals surface area contributed by atoms with Crippen LogP contribution in [0.4, 0.5) is 22.7 Å². The number of hydrogen-bond acceptors (Lipinski definition) is 12. The first-order valence-corrected chi connectivity index (χ1v) is 22.9. The van der Waals surface area contributed by atoms with Crippen molar-refractivity contribution in [3.8, 4) is 22.6 Å². The van der Waals surface area contributed by atoms with E-state index < -0.39 is 31.4 Å². The maximum atomic E-state index is 13.9. The lowest BCUT2D eigenvalue weighted by atomic mass is 9.98. The molecule has 1 amide bonds. The van der Waals surface area contributed by atoms with Gasteiger partial charge in [0, 0.05) is 68.4 Å². The lowest BCUT2D eigenvalue weighted by Crippen LogP contribution is -2.37. The zero-order valence-electron chi connectivity index (χ0n) is 34.6. The maximum absolute atomic E-state index is 13.9. The molecular weight excluding hydrogens is 823 g/mol. The van der Waals surface area contributed by atoms with E-state index in [-0.39, 0.29) is 35.1 Å². The highest BCUT2D eigenvalue weighted by atomic mass is 32.2. The van der Waals surface area contributed by atoms with Gasteiger partial charge in [0.15, 0.2) is 0 Å². The van der Waals surface area contributed by atoms with Crippen LogP contribution in [0.3, 0.4) is 0 Å². The SMILES string of the molecule is O=C(NS(=O)(=O)c1ccc(NCC2CCOCC2)c([N+](=O)[O-])c1)c1ccc(-c2ccc(N3CCCC3c3ccccc3N3CCC(O)CC3)cc2)cc1Oc1cnc2[nH]ccc2c1. The van der Waals surface area contributed by atoms with E-state index in [1.54, 1.807) is 24.4 Å². The second kappa shape index (κ2) is 18.1.